The maximum Gasteiger partial charge on any atom is 0.362 e. The molecule has 1 aliphatic heterocycles. The normalized spacial score (nSPS) is 15.3. The van der Waals surface area contributed by atoms with Crippen molar-refractivity contribution in [1.29, 1.82) is 0 Å². The van der Waals surface area contributed by atoms with Gasteiger partial charge >= 0.3 is 6.03 Å². The van der Waals surface area contributed by atoms with Gasteiger partial charge < -0.3 is 9.80 Å². The van der Waals surface area contributed by atoms with Gasteiger partial charge in [0, 0.05) is 31.2 Å². The van der Waals surface area contributed by atoms with E-state index in [0.29, 0.717) is 13.1 Å². The van der Waals surface area contributed by atoms with E-state index in [0.717, 1.165) is 38.3 Å². The van der Waals surface area contributed by atoms with E-state index in [-0.39, 0.29) is 6.03 Å². The lowest BCUT2D eigenvalue weighted by Gasteiger charge is -2.33. The molecule has 0 bridgehead atoms. The minimum Gasteiger partial charge on any atom is -0.345 e. The highest BCUT2D eigenvalue weighted by Crippen LogP contribution is 2.31. The van der Waals surface area contributed by atoms with Crippen LogP contribution in [0.1, 0.15) is 0 Å². The summed E-state index contributed by atoms with van der Waals surface area (Å²) in [5.74, 6) is 0. The average Bonchev–Trinajstić information content (AvgIpc) is 3.23. The monoisotopic (exact) mass is 348 g/mol. The molecule has 3 aromatic rings. The second kappa shape index (κ2) is 5.78. The first-order chi connectivity index (χ1) is 11.2. The molecule has 1 fully saturated rings. The van der Waals surface area contributed by atoms with Crippen LogP contribution in [0.3, 0.4) is 0 Å². The minimum absolute atomic E-state index is 0.189. The number of benzene rings is 1. The third kappa shape index (κ3) is 2.75. The largest absolute Gasteiger partial charge is 0.362 e. The highest BCUT2D eigenvalue weighted by atomic mass is 35.5. The van der Waals surface area contributed by atoms with E-state index in [4.69, 9.17) is 11.6 Å². The van der Waals surface area contributed by atoms with Crippen LogP contribution in [0.2, 0.25) is 5.02 Å². The van der Waals surface area contributed by atoms with Gasteiger partial charge in [-0.3, -0.25) is 0 Å². The maximum absolute atomic E-state index is 12.2. The molecule has 2 aromatic heterocycles. The first-order valence-corrected chi connectivity index (χ1v) is 8.37. The number of hydrogen-bond donors (Lipinski definition) is 0. The number of nitrogens with zero attached hydrogens (tertiary/aromatic N) is 6. The number of fused-ring (bicyclic) bond motifs is 1. The lowest BCUT2D eigenvalue weighted by atomic mass is 10.3. The Balaban J connectivity index is 1.47. The van der Waals surface area contributed by atoms with Gasteiger partial charge in [0.1, 0.15) is 0 Å². The van der Waals surface area contributed by atoms with E-state index in [1.165, 1.54) is 12.4 Å². The third-order valence-corrected chi connectivity index (χ3v) is 5.06. The summed E-state index contributed by atoms with van der Waals surface area (Å²) in [6.07, 6.45) is 3.00. The first-order valence-electron chi connectivity index (χ1n) is 7.17. The summed E-state index contributed by atoms with van der Waals surface area (Å²) < 4.78 is 1.08. The van der Waals surface area contributed by atoms with Gasteiger partial charge in [-0.2, -0.15) is 10.2 Å². The number of carbonyl (C=O) groups is 1. The van der Waals surface area contributed by atoms with E-state index in [1.807, 2.05) is 18.2 Å². The average molecular weight is 349 g/mol. The minimum atomic E-state index is -0.189. The van der Waals surface area contributed by atoms with Gasteiger partial charge in [0.2, 0.25) is 0 Å². The SMILES string of the molecule is O=C(N1CCN(c2nc3ccc(Cl)cc3s2)CC1)n1nccn1. The number of halogens is 1. The predicted octanol–water partition coefficient (Wildman–Crippen LogP) is 2.33. The van der Waals surface area contributed by atoms with Gasteiger partial charge in [0.25, 0.3) is 0 Å². The molecule has 0 aliphatic carbocycles. The van der Waals surface area contributed by atoms with Crippen LogP contribution < -0.4 is 4.90 Å². The molecule has 0 N–H and O–H groups in total. The fourth-order valence-electron chi connectivity index (χ4n) is 2.55. The van der Waals surface area contributed by atoms with Crippen molar-refractivity contribution in [3.63, 3.8) is 0 Å². The molecule has 0 spiro atoms. The third-order valence-electron chi connectivity index (χ3n) is 3.75. The van der Waals surface area contributed by atoms with E-state index in [9.17, 15) is 4.79 Å². The standard InChI is InChI=1S/C14H13ClN6OS/c15-10-1-2-11-12(9-10)23-13(18-11)19-5-7-20(8-6-19)14(22)21-16-3-4-17-21/h1-4,9H,5-8H2. The lowest BCUT2D eigenvalue weighted by Crippen LogP contribution is -2.50. The molecule has 1 saturated heterocycles. The molecular weight excluding hydrogens is 336 g/mol. The van der Waals surface area contributed by atoms with E-state index in [2.05, 4.69) is 20.1 Å². The Morgan fingerprint density at radius 3 is 2.61 bits per heavy atom. The van der Waals surface area contributed by atoms with Gasteiger partial charge in [-0.05, 0) is 18.2 Å². The van der Waals surface area contributed by atoms with E-state index in [1.54, 1.807) is 16.2 Å². The van der Waals surface area contributed by atoms with Crippen molar-refractivity contribution in [2.24, 2.45) is 0 Å². The molecule has 1 aliphatic rings. The van der Waals surface area contributed by atoms with Crippen LogP contribution in [-0.2, 0) is 0 Å². The molecule has 0 radical (unpaired) electrons. The highest BCUT2D eigenvalue weighted by Gasteiger charge is 2.24. The van der Waals surface area contributed by atoms with Crippen LogP contribution in [-0.4, -0.2) is 57.1 Å². The molecule has 3 heterocycles. The van der Waals surface area contributed by atoms with Gasteiger partial charge in [-0.1, -0.05) is 27.7 Å². The second-order valence-corrected chi connectivity index (χ2v) is 6.63. The molecule has 0 saturated carbocycles. The smallest absolute Gasteiger partial charge is 0.345 e. The van der Waals surface area contributed by atoms with Crippen molar-refractivity contribution in [3.05, 3.63) is 35.6 Å². The van der Waals surface area contributed by atoms with E-state index >= 15 is 0 Å². The van der Waals surface area contributed by atoms with Crippen molar-refractivity contribution in [3.8, 4) is 0 Å². The van der Waals surface area contributed by atoms with E-state index < -0.39 is 0 Å². The van der Waals surface area contributed by atoms with Crippen molar-refractivity contribution < 1.29 is 4.79 Å². The Kier molecular flexibility index (Phi) is 3.62. The number of piperazine rings is 1. The number of rotatable bonds is 1. The Morgan fingerprint density at radius 1 is 1.13 bits per heavy atom. The quantitative estimate of drug-likeness (QED) is 0.675. The van der Waals surface area contributed by atoms with Crippen LogP contribution >= 0.6 is 22.9 Å². The second-order valence-electron chi connectivity index (χ2n) is 5.18. The first kappa shape index (κ1) is 14.4. The van der Waals surface area contributed by atoms with Crippen molar-refractivity contribution in [2.45, 2.75) is 0 Å². The Bertz CT molecular complexity index is 840. The number of thiazole rings is 1. The topological polar surface area (TPSA) is 67.2 Å². The summed E-state index contributed by atoms with van der Waals surface area (Å²) in [5.41, 5.74) is 0.952. The maximum atomic E-state index is 12.2. The number of hydrogen-bond acceptors (Lipinski definition) is 6. The van der Waals surface area contributed by atoms with Crippen LogP contribution in [0.15, 0.2) is 30.6 Å². The fourth-order valence-corrected chi connectivity index (χ4v) is 3.84. The molecule has 118 valence electrons. The van der Waals surface area contributed by atoms with Gasteiger partial charge in [-0.25, -0.2) is 9.78 Å². The molecule has 23 heavy (non-hydrogen) atoms. The van der Waals surface area contributed by atoms with Crippen molar-refractivity contribution in [1.82, 2.24) is 24.9 Å². The predicted molar refractivity (Wildman–Crippen MR) is 89.2 cm³/mol. The van der Waals surface area contributed by atoms with Gasteiger partial charge in [-0.15, -0.1) is 0 Å². The number of anilines is 1. The van der Waals surface area contributed by atoms with Crippen LogP contribution in [0.25, 0.3) is 10.2 Å². The van der Waals surface area contributed by atoms with Crippen LogP contribution in [0, 0.1) is 0 Å². The summed E-state index contributed by atoms with van der Waals surface area (Å²) in [6, 6.07) is 5.52. The molecule has 0 atom stereocenters. The van der Waals surface area contributed by atoms with Crippen LogP contribution in [0.5, 0.6) is 0 Å². The van der Waals surface area contributed by atoms with Crippen molar-refractivity contribution in [2.75, 3.05) is 31.1 Å². The number of aromatic nitrogens is 4. The summed E-state index contributed by atoms with van der Waals surface area (Å²) in [6.45, 7) is 2.72. The zero-order valence-electron chi connectivity index (χ0n) is 12.1. The van der Waals surface area contributed by atoms with Crippen molar-refractivity contribution >= 4 is 44.3 Å². The van der Waals surface area contributed by atoms with Gasteiger partial charge in [0.15, 0.2) is 5.13 Å². The zero-order chi connectivity index (χ0) is 15.8. The van der Waals surface area contributed by atoms with Gasteiger partial charge in [0.05, 0.1) is 22.6 Å². The highest BCUT2D eigenvalue weighted by molar-refractivity contribution is 7.22. The molecular formula is C14H13ClN6OS. The summed E-state index contributed by atoms with van der Waals surface area (Å²) in [7, 11) is 0. The van der Waals surface area contributed by atoms with Crippen LogP contribution in [0.4, 0.5) is 9.93 Å². The molecule has 1 amide bonds. The number of carbonyl (C=O) groups excluding carboxylic acids is 1. The zero-order valence-corrected chi connectivity index (χ0v) is 13.7. The molecule has 4 rings (SSSR count). The fraction of sp³-hybridized carbons (Fsp3) is 0.286. The number of amides is 1. The lowest BCUT2D eigenvalue weighted by molar-refractivity contribution is 0.189. The Hall–Kier alpha value is -2.19. The summed E-state index contributed by atoms with van der Waals surface area (Å²) in [5, 5.41) is 9.45. The Labute approximate surface area is 141 Å². The molecule has 1 aromatic carbocycles. The summed E-state index contributed by atoms with van der Waals surface area (Å²) in [4.78, 5) is 21.9. The Morgan fingerprint density at radius 2 is 1.87 bits per heavy atom. The molecule has 7 nitrogen and oxygen atoms in total. The molecule has 0 unspecified atom stereocenters. The summed E-state index contributed by atoms with van der Waals surface area (Å²) >= 11 is 7.65. The molecule has 9 heteroatoms.